The zero-order valence-electron chi connectivity index (χ0n) is 12.8. The second kappa shape index (κ2) is 6.42. The van der Waals surface area contributed by atoms with Gasteiger partial charge in [0.2, 0.25) is 17.5 Å². The summed E-state index contributed by atoms with van der Waals surface area (Å²) >= 11 is 12.0. The summed E-state index contributed by atoms with van der Waals surface area (Å²) in [4.78, 5) is 26.6. The maximum Gasteiger partial charge on any atom is 0.255 e. The minimum Gasteiger partial charge on any atom is -0.338 e. The van der Waals surface area contributed by atoms with Crippen LogP contribution in [0.4, 0.5) is 0 Å². The Labute approximate surface area is 152 Å². The van der Waals surface area contributed by atoms with E-state index in [9.17, 15) is 4.79 Å². The molecule has 1 aromatic carbocycles. The van der Waals surface area contributed by atoms with Crippen molar-refractivity contribution in [3.63, 3.8) is 0 Å². The van der Waals surface area contributed by atoms with Crippen LogP contribution < -0.4 is 0 Å². The lowest BCUT2D eigenvalue weighted by atomic mass is 9.98. The van der Waals surface area contributed by atoms with Crippen molar-refractivity contribution in [2.45, 2.75) is 5.92 Å². The van der Waals surface area contributed by atoms with Crippen LogP contribution in [0.2, 0.25) is 10.0 Å². The number of hydrogen-bond donors (Lipinski definition) is 0. The smallest absolute Gasteiger partial charge is 0.255 e. The molecule has 1 aliphatic heterocycles. The van der Waals surface area contributed by atoms with Gasteiger partial charge >= 0.3 is 0 Å². The fraction of sp³-hybridized carbons (Fsp3) is 0.188. The van der Waals surface area contributed by atoms with Crippen LogP contribution in [0.25, 0.3) is 11.6 Å². The second-order valence-corrected chi connectivity index (χ2v) is 6.40. The fourth-order valence-electron chi connectivity index (χ4n) is 2.54. The third kappa shape index (κ3) is 3.08. The number of amides is 1. The summed E-state index contributed by atoms with van der Waals surface area (Å²) in [5, 5.41) is 4.73. The van der Waals surface area contributed by atoms with Gasteiger partial charge < -0.3 is 9.42 Å². The molecule has 0 atom stereocenters. The van der Waals surface area contributed by atoms with Gasteiger partial charge in [0.1, 0.15) is 0 Å². The molecule has 0 unspecified atom stereocenters. The summed E-state index contributed by atoms with van der Waals surface area (Å²) < 4.78 is 5.27. The van der Waals surface area contributed by atoms with E-state index in [2.05, 4.69) is 20.1 Å². The van der Waals surface area contributed by atoms with Crippen LogP contribution in [-0.4, -0.2) is 44.0 Å². The van der Waals surface area contributed by atoms with Gasteiger partial charge in [0.25, 0.3) is 5.91 Å². The average Bonchev–Trinajstić information content (AvgIpc) is 3.06. The SMILES string of the molecule is O=C(c1cc(Cl)ccc1Cl)N1CC(c2nc(-c3ncccn3)no2)C1. The molecule has 0 radical (unpaired) electrons. The van der Waals surface area contributed by atoms with E-state index >= 15 is 0 Å². The normalized spacial score (nSPS) is 14.4. The first-order chi connectivity index (χ1) is 12.1. The van der Waals surface area contributed by atoms with E-state index in [0.29, 0.717) is 46.2 Å². The number of hydrogen-bond acceptors (Lipinski definition) is 6. The predicted molar refractivity (Wildman–Crippen MR) is 90.4 cm³/mol. The molecule has 1 aliphatic rings. The topological polar surface area (TPSA) is 85.0 Å². The summed E-state index contributed by atoms with van der Waals surface area (Å²) in [6.45, 7) is 0.942. The van der Waals surface area contributed by atoms with Crippen molar-refractivity contribution >= 4 is 29.1 Å². The maximum absolute atomic E-state index is 12.5. The first-order valence-electron chi connectivity index (χ1n) is 7.47. The number of halogens is 2. The predicted octanol–water partition coefficient (Wildman–Crippen LogP) is 3.07. The third-order valence-corrected chi connectivity index (χ3v) is 4.45. The van der Waals surface area contributed by atoms with E-state index in [4.69, 9.17) is 27.7 Å². The molecule has 3 aromatic rings. The van der Waals surface area contributed by atoms with Gasteiger partial charge in [-0.25, -0.2) is 9.97 Å². The zero-order chi connectivity index (χ0) is 17.4. The Kier molecular flexibility index (Phi) is 4.10. The fourth-order valence-corrected chi connectivity index (χ4v) is 2.91. The van der Waals surface area contributed by atoms with Gasteiger partial charge in [-0.1, -0.05) is 28.4 Å². The van der Waals surface area contributed by atoms with Gasteiger partial charge in [0, 0.05) is 30.5 Å². The van der Waals surface area contributed by atoms with E-state index in [1.54, 1.807) is 41.6 Å². The highest BCUT2D eigenvalue weighted by Crippen LogP contribution is 2.30. The van der Waals surface area contributed by atoms with Crippen molar-refractivity contribution in [2.75, 3.05) is 13.1 Å². The average molecular weight is 376 g/mol. The lowest BCUT2D eigenvalue weighted by molar-refractivity contribution is 0.0569. The number of carbonyl (C=O) groups excluding carboxylic acids is 1. The summed E-state index contributed by atoms with van der Waals surface area (Å²) in [6.07, 6.45) is 3.22. The molecule has 9 heteroatoms. The highest BCUT2D eigenvalue weighted by Gasteiger charge is 2.36. The number of nitrogens with zero attached hydrogens (tertiary/aromatic N) is 5. The Morgan fingerprint density at radius 2 is 1.92 bits per heavy atom. The van der Waals surface area contributed by atoms with E-state index in [1.807, 2.05) is 0 Å². The molecule has 7 nitrogen and oxygen atoms in total. The second-order valence-electron chi connectivity index (χ2n) is 5.56. The molecule has 25 heavy (non-hydrogen) atoms. The molecular formula is C16H11Cl2N5O2. The minimum atomic E-state index is -0.171. The van der Waals surface area contributed by atoms with Gasteiger partial charge in [-0.15, -0.1) is 0 Å². The number of rotatable bonds is 3. The molecule has 0 saturated carbocycles. The molecule has 1 fully saturated rings. The van der Waals surface area contributed by atoms with Crippen LogP contribution in [0, 0.1) is 0 Å². The Bertz CT molecular complexity index is 925. The van der Waals surface area contributed by atoms with Crippen molar-refractivity contribution in [2.24, 2.45) is 0 Å². The Morgan fingerprint density at radius 3 is 2.68 bits per heavy atom. The molecule has 0 aliphatic carbocycles. The van der Waals surface area contributed by atoms with Gasteiger partial charge in [0.05, 0.1) is 16.5 Å². The largest absolute Gasteiger partial charge is 0.338 e. The van der Waals surface area contributed by atoms with Crippen LogP contribution in [0.1, 0.15) is 22.2 Å². The molecule has 4 rings (SSSR count). The van der Waals surface area contributed by atoms with E-state index in [1.165, 1.54) is 0 Å². The molecule has 1 saturated heterocycles. The van der Waals surface area contributed by atoms with Crippen molar-refractivity contribution < 1.29 is 9.32 Å². The molecule has 3 heterocycles. The first kappa shape index (κ1) is 16.0. The molecule has 0 N–H and O–H groups in total. The first-order valence-corrected chi connectivity index (χ1v) is 8.23. The quantitative estimate of drug-likeness (QED) is 0.699. The standard InChI is InChI=1S/C16H11Cl2N5O2/c17-10-2-3-12(18)11(6-10)16(24)23-7-9(8-23)15-21-14(22-25-15)13-19-4-1-5-20-13/h1-6,9H,7-8H2. The minimum absolute atomic E-state index is 0.0214. The molecule has 2 aromatic heterocycles. The van der Waals surface area contributed by atoms with Gasteiger partial charge in [-0.3, -0.25) is 4.79 Å². The van der Waals surface area contributed by atoms with Crippen molar-refractivity contribution in [3.8, 4) is 11.6 Å². The molecule has 1 amide bonds. The summed E-state index contributed by atoms with van der Waals surface area (Å²) in [5.41, 5.74) is 0.386. The maximum atomic E-state index is 12.5. The van der Waals surface area contributed by atoms with E-state index in [-0.39, 0.29) is 11.8 Å². The summed E-state index contributed by atoms with van der Waals surface area (Å²) in [6, 6.07) is 6.53. The van der Waals surface area contributed by atoms with E-state index in [0.717, 1.165) is 0 Å². The van der Waals surface area contributed by atoms with Gasteiger partial charge in [-0.2, -0.15) is 4.98 Å². The summed E-state index contributed by atoms with van der Waals surface area (Å²) in [5.74, 6) is 0.999. The molecular weight excluding hydrogens is 365 g/mol. The lowest BCUT2D eigenvalue weighted by Crippen LogP contribution is -2.48. The highest BCUT2D eigenvalue weighted by atomic mass is 35.5. The lowest BCUT2D eigenvalue weighted by Gasteiger charge is -2.37. The Balaban J connectivity index is 1.45. The molecule has 0 spiro atoms. The third-order valence-electron chi connectivity index (χ3n) is 3.88. The zero-order valence-corrected chi connectivity index (χ0v) is 14.3. The van der Waals surface area contributed by atoms with Crippen LogP contribution in [0.15, 0.2) is 41.2 Å². The molecule has 126 valence electrons. The van der Waals surface area contributed by atoms with Gasteiger partial charge in [0.15, 0.2) is 0 Å². The number of aromatic nitrogens is 4. The Hall–Kier alpha value is -2.51. The Morgan fingerprint density at radius 1 is 1.16 bits per heavy atom. The van der Waals surface area contributed by atoms with Crippen LogP contribution in [0.3, 0.4) is 0 Å². The van der Waals surface area contributed by atoms with Crippen LogP contribution >= 0.6 is 23.2 Å². The van der Waals surface area contributed by atoms with Crippen molar-refractivity contribution in [3.05, 3.63) is 58.2 Å². The van der Waals surface area contributed by atoms with Crippen molar-refractivity contribution in [1.82, 2.24) is 25.0 Å². The van der Waals surface area contributed by atoms with Crippen LogP contribution in [0.5, 0.6) is 0 Å². The monoisotopic (exact) mass is 375 g/mol. The molecule has 0 bridgehead atoms. The van der Waals surface area contributed by atoms with E-state index < -0.39 is 0 Å². The van der Waals surface area contributed by atoms with Crippen molar-refractivity contribution in [1.29, 1.82) is 0 Å². The van der Waals surface area contributed by atoms with Crippen LogP contribution in [-0.2, 0) is 0 Å². The van der Waals surface area contributed by atoms with Gasteiger partial charge in [-0.05, 0) is 24.3 Å². The number of benzene rings is 1. The number of likely N-dealkylation sites (tertiary alicyclic amines) is 1. The summed E-state index contributed by atoms with van der Waals surface area (Å²) in [7, 11) is 0. The highest BCUT2D eigenvalue weighted by molar-refractivity contribution is 6.35. The number of carbonyl (C=O) groups is 1.